The summed E-state index contributed by atoms with van der Waals surface area (Å²) in [5, 5.41) is 3.22. The minimum atomic E-state index is -0.351. The highest BCUT2D eigenvalue weighted by molar-refractivity contribution is 7.09. The van der Waals surface area contributed by atoms with Crippen LogP contribution >= 0.6 is 11.3 Å². The van der Waals surface area contributed by atoms with Crippen LogP contribution in [0.3, 0.4) is 0 Å². The van der Waals surface area contributed by atoms with Gasteiger partial charge in [-0.1, -0.05) is 60.7 Å². The number of amides is 1. The smallest absolute Gasteiger partial charge is 0.407 e. The van der Waals surface area contributed by atoms with Crippen LogP contribution in [-0.2, 0) is 24.3 Å². The zero-order valence-electron chi connectivity index (χ0n) is 17.0. The third kappa shape index (κ3) is 5.68. The Morgan fingerprint density at radius 1 is 1.03 bits per heavy atom. The Morgan fingerprint density at radius 2 is 1.70 bits per heavy atom. The average Bonchev–Trinajstić information content (AvgIpc) is 3.29. The summed E-state index contributed by atoms with van der Waals surface area (Å²) in [5.41, 5.74) is 4.01. The van der Waals surface area contributed by atoms with Gasteiger partial charge in [0.1, 0.15) is 6.61 Å². The van der Waals surface area contributed by atoms with Gasteiger partial charge in [-0.05, 0) is 30.4 Å². The van der Waals surface area contributed by atoms with Crippen LogP contribution in [0.5, 0.6) is 0 Å². The minimum Gasteiger partial charge on any atom is -0.444 e. The van der Waals surface area contributed by atoms with Crippen LogP contribution in [0.4, 0.5) is 4.79 Å². The fourth-order valence-corrected chi connectivity index (χ4v) is 4.52. The molecule has 1 saturated heterocycles. The van der Waals surface area contributed by atoms with Gasteiger partial charge in [0.15, 0.2) is 0 Å². The largest absolute Gasteiger partial charge is 0.444 e. The first-order valence-corrected chi connectivity index (χ1v) is 11.2. The van der Waals surface area contributed by atoms with Crippen LogP contribution in [0.2, 0.25) is 0 Å². The third-order valence-electron chi connectivity index (χ3n) is 5.64. The van der Waals surface area contributed by atoms with E-state index in [0.717, 1.165) is 43.8 Å². The zero-order valence-corrected chi connectivity index (χ0v) is 17.8. The van der Waals surface area contributed by atoms with E-state index in [-0.39, 0.29) is 18.2 Å². The molecule has 1 aliphatic rings. The number of aromatic nitrogens is 1. The van der Waals surface area contributed by atoms with Crippen LogP contribution in [0.15, 0.2) is 72.4 Å². The van der Waals surface area contributed by atoms with E-state index in [1.54, 1.807) is 11.7 Å². The third-order valence-corrected chi connectivity index (χ3v) is 6.40. The van der Waals surface area contributed by atoms with Crippen LogP contribution < -0.4 is 5.32 Å². The van der Waals surface area contributed by atoms with Crippen molar-refractivity contribution in [1.82, 2.24) is 15.2 Å². The molecule has 0 saturated carbocycles. The summed E-state index contributed by atoms with van der Waals surface area (Å²) >= 11 is 1.49. The topological polar surface area (TPSA) is 54.5 Å². The number of nitrogens with zero attached hydrogens (tertiary/aromatic N) is 2. The first-order valence-electron chi connectivity index (χ1n) is 10.3. The molecule has 6 heteroatoms. The number of hydrogen-bond donors (Lipinski definition) is 1. The number of nitrogens with one attached hydrogen (secondary N) is 1. The summed E-state index contributed by atoms with van der Waals surface area (Å²) in [6.45, 7) is 3.09. The standard InChI is InChI=1S/C24H27N3O2S/c28-23(29-18-22-16-25-19-30-22)26-24(15-20-7-3-1-4-8-20)11-13-27(14-12-24)17-21-9-5-2-6-10-21/h1-10,16,19H,11-15,17-18H2,(H,26,28). The fourth-order valence-electron chi connectivity index (χ4n) is 4.02. The number of thiazole rings is 1. The highest BCUT2D eigenvalue weighted by atomic mass is 32.1. The summed E-state index contributed by atoms with van der Waals surface area (Å²) in [5.74, 6) is 0. The Kier molecular flexibility index (Phi) is 6.77. The van der Waals surface area contributed by atoms with Gasteiger partial charge < -0.3 is 10.1 Å². The summed E-state index contributed by atoms with van der Waals surface area (Å²) in [6, 6.07) is 20.9. The lowest BCUT2D eigenvalue weighted by molar-refractivity contribution is 0.0968. The van der Waals surface area contributed by atoms with Gasteiger partial charge in [0, 0.05) is 31.4 Å². The van der Waals surface area contributed by atoms with Gasteiger partial charge in [0.05, 0.1) is 10.4 Å². The number of carbonyl (C=O) groups excluding carboxylic acids is 1. The predicted molar refractivity (Wildman–Crippen MR) is 119 cm³/mol. The van der Waals surface area contributed by atoms with Crippen LogP contribution in [0.25, 0.3) is 0 Å². The van der Waals surface area contributed by atoms with Gasteiger partial charge in [-0.15, -0.1) is 11.3 Å². The highest BCUT2D eigenvalue weighted by Gasteiger charge is 2.36. The SMILES string of the molecule is O=C(NC1(Cc2ccccc2)CCN(Cc2ccccc2)CC1)OCc1cncs1. The Labute approximate surface area is 181 Å². The highest BCUT2D eigenvalue weighted by Crippen LogP contribution is 2.28. The van der Waals surface area contributed by atoms with E-state index in [0.29, 0.717) is 0 Å². The van der Waals surface area contributed by atoms with Gasteiger partial charge in [-0.3, -0.25) is 9.88 Å². The molecule has 1 fully saturated rings. The second-order valence-electron chi connectivity index (χ2n) is 7.87. The molecule has 156 valence electrons. The van der Waals surface area contributed by atoms with Crippen molar-refractivity contribution < 1.29 is 9.53 Å². The van der Waals surface area contributed by atoms with Gasteiger partial charge in [-0.25, -0.2) is 4.79 Å². The van der Waals surface area contributed by atoms with Crippen molar-refractivity contribution in [2.24, 2.45) is 0 Å². The lowest BCUT2D eigenvalue weighted by Crippen LogP contribution is -2.56. The Hall–Kier alpha value is -2.70. The Bertz CT molecular complexity index is 908. The van der Waals surface area contributed by atoms with Crippen LogP contribution in [0.1, 0.15) is 28.8 Å². The number of rotatable bonds is 7. The fraction of sp³-hybridized carbons (Fsp3) is 0.333. The molecule has 0 atom stereocenters. The molecule has 0 radical (unpaired) electrons. The molecule has 4 rings (SSSR count). The summed E-state index contributed by atoms with van der Waals surface area (Å²) in [7, 11) is 0. The molecule has 2 aromatic carbocycles. The minimum absolute atomic E-state index is 0.262. The van der Waals surface area contributed by atoms with E-state index in [9.17, 15) is 4.79 Å². The molecule has 3 aromatic rings. The zero-order chi connectivity index (χ0) is 20.7. The molecule has 2 heterocycles. The number of hydrogen-bond acceptors (Lipinski definition) is 5. The monoisotopic (exact) mass is 421 g/mol. The van der Waals surface area contributed by atoms with Gasteiger partial charge in [0.2, 0.25) is 0 Å². The molecule has 0 bridgehead atoms. The molecule has 1 N–H and O–H groups in total. The average molecular weight is 422 g/mol. The maximum absolute atomic E-state index is 12.6. The lowest BCUT2D eigenvalue weighted by Gasteiger charge is -2.42. The number of piperidine rings is 1. The van der Waals surface area contributed by atoms with E-state index in [1.807, 2.05) is 12.1 Å². The number of alkyl carbamates (subject to hydrolysis) is 1. The van der Waals surface area contributed by atoms with Gasteiger partial charge in [0.25, 0.3) is 0 Å². The second kappa shape index (κ2) is 9.87. The van der Waals surface area contributed by atoms with Gasteiger partial charge in [-0.2, -0.15) is 0 Å². The lowest BCUT2D eigenvalue weighted by atomic mass is 9.81. The number of benzene rings is 2. The summed E-state index contributed by atoms with van der Waals surface area (Å²) in [6.07, 6.45) is 3.98. The second-order valence-corrected chi connectivity index (χ2v) is 8.84. The maximum atomic E-state index is 12.6. The Balaban J connectivity index is 1.40. The van der Waals surface area contributed by atoms with E-state index in [4.69, 9.17) is 4.74 Å². The molecule has 5 nitrogen and oxygen atoms in total. The molecular formula is C24H27N3O2S. The predicted octanol–water partition coefficient (Wildman–Crippen LogP) is 4.65. The van der Waals surface area contributed by atoms with Crippen molar-refractivity contribution in [3.8, 4) is 0 Å². The first-order chi connectivity index (χ1) is 14.7. The van der Waals surface area contributed by atoms with Crippen molar-refractivity contribution in [2.75, 3.05) is 13.1 Å². The molecule has 30 heavy (non-hydrogen) atoms. The van der Waals surface area contributed by atoms with Gasteiger partial charge >= 0.3 is 6.09 Å². The molecule has 0 aliphatic carbocycles. The van der Waals surface area contributed by atoms with Crippen molar-refractivity contribution >= 4 is 17.4 Å². The van der Waals surface area contributed by atoms with Crippen LogP contribution in [0, 0.1) is 0 Å². The number of carbonyl (C=O) groups is 1. The molecule has 1 aromatic heterocycles. The normalized spacial score (nSPS) is 16.1. The van der Waals surface area contributed by atoms with Crippen molar-refractivity contribution in [1.29, 1.82) is 0 Å². The molecular weight excluding hydrogens is 394 g/mol. The van der Waals surface area contributed by atoms with E-state index >= 15 is 0 Å². The number of ether oxygens (including phenoxy) is 1. The molecule has 1 amide bonds. The molecule has 1 aliphatic heterocycles. The van der Waals surface area contributed by atoms with Crippen LogP contribution in [-0.4, -0.2) is 34.6 Å². The van der Waals surface area contributed by atoms with E-state index < -0.39 is 0 Å². The maximum Gasteiger partial charge on any atom is 0.407 e. The first kappa shape index (κ1) is 20.6. The number of likely N-dealkylation sites (tertiary alicyclic amines) is 1. The molecule has 0 spiro atoms. The Morgan fingerprint density at radius 3 is 2.33 bits per heavy atom. The van der Waals surface area contributed by atoms with E-state index in [1.165, 1.54) is 22.5 Å². The van der Waals surface area contributed by atoms with Crippen molar-refractivity contribution in [2.45, 2.75) is 38.0 Å². The van der Waals surface area contributed by atoms with Crippen molar-refractivity contribution in [3.05, 3.63) is 88.4 Å². The van der Waals surface area contributed by atoms with Crippen molar-refractivity contribution in [3.63, 3.8) is 0 Å². The molecule has 0 unspecified atom stereocenters. The summed E-state index contributed by atoms with van der Waals surface area (Å²) < 4.78 is 5.48. The quantitative estimate of drug-likeness (QED) is 0.603. The van der Waals surface area contributed by atoms with E-state index in [2.05, 4.69) is 63.7 Å². The summed E-state index contributed by atoms with van der Waals surface area (Å²) in [4.78, 5) is 20.0.